The van der Waals surface area contributed by atoms with Crippen LogP contribution in [-0.4, -0.2) is 37.7 Å². The standard InChI is InChI=1S/C18H19ClN3O4/c1-4-25-16-10-15(17(26-5-2)9-13(16)19)21-18(23)12-7-6-11(24-3)8-14(12)22-20/h6-10,22H,4-5H2,1-3H3/q+1. The zero-order valence-electron chi connectivity index (χ0n) is 14.7. The number of halogens is 1. The van der Waals surface area contributed by atoms with Crippen molar-refractivity contribution >= 4 is 34.7 Å². The van der Waals surface area contributed by atoms with Crippen LogP contribution in [0.4, 0.5) is 5.69 Å². The van der Waals surface area contributed by atoms with E-state index in [1.54, 1.807) is 18.2 Å². The lowest BCUT2D eigenvalue weighted by atomic mass is 10.1. The summed E-state index contributed by atoms with van der Waals surface area (Å²) in [4.78, 5) is 16.7. The summed E-state index contributed by atoms with van der Waals surface area (Å²) in [6.07, 6.45) is 3.10. The van der Waals surface area contributed by atoms with Gasteiger partial charge in [0.05, 0.1) is 30.9 Å². The van der Waals surface area contributed by atoms with Gasteiger partial charge in [0, 0.05) is 13.0 Å². The Morgan fingerprint density at radius 3 is 2.73 bits per heavy atom. The van der Waals surface area contributed by atoms with Crippen molar-refractivity contribution in [3.05, 3.63) is 52.2 Å². The van der Waals surface area contributed by atoms with Crippen molar-refractivity contribution in [2.24, 2.45) is 4.99 Å². The van der Waals surface area contributed by atoms with E-state index in [0.717, 1.165) is 0 Å². The lowest BCUT2D eigenvalue weighted by Gasteiger charge is -2.10. The predicted molar refractivity (Wildman–Crippen MR) is 97.9 cm³/mol. The van der Waals surface area contributed by atoms with Gasteiger partial charge < -0.3 is 15.0 Å². The lowest BCUT2D eigenvalue weighted by molar-refractivity contribution is -0.449. The summed E-state index contributed by atoms with van der Waals surface area (Å²) in [5.41, 5.74) is 9.91. The number of carbonyl (C=O) groups excluding carboxylic acids is 2. The molecule has 0 aromatic heterocycles. The number of allylic oxidation sites excluding steroid dienone is 3. The molecule has 136 valence electrons. The third-order valence-corrected chi connectivity index (χ3v) is 3.71. The molecule has 1 N–H and O–H groups in total. The molecule has 7 nitrogen and oxygen atoms in total. The molecule has 1 aromatic carbocycles. The number of hydrogen-bond acceptors (Lipinski definition) is 3. The average molecular weight is 377 g/mol. The number of ether oxygens (including phenoxy) is 2. The molecule has 1 aliphatic carbocycles. The molecule has 0 fully saturated rings. The molecule has 1 aromatic rings. The number of amides is 1. The van der Waals surface area contributed by atoms with E-state index < -0.39 is 5.91 Å². The van der Waals surface area contributed by atoms with Crippen LogP contribution in [-0.2, 0) is 9.16 Å². The minimum atomic E-state index is -0.574. The highest BCUT2D eigenvalue weighted by Gasteiger charge is 2.27. The van der Waals surface area contributed by atoms with Crippen LogP contribution in [0.15, 0.2) is 46.1 Å². The van der Waals surface area contributed by atoms with E-state index in [2.05, 4.69) is 4.99 Å². The maximum atomic E-state index is 12.6. The first-order valence-corrected chi connectivity index (χ1v) is 8.35. The van der Waals surface area contributed by atoms with Gasteiger partial charge in [0.2, 0.25) is 5.69 Å². The van der Waals surface area contributed by atoms with Crippen LogP contribution < -0.4 is 9.85 Å². The van der Waals surface area contributed by atoms with E-state index in [1.165, 1.54) is 19.2 Å². The van der Waals surface area contributed by atoms with Crippen LogP contribution in [0, 0.1) is 0 Å². The number of carbonyl (C=O) groups is 1. The van der Waals surface area contributed by atoms with Crippen LogP contribution >= 0.6 is 11.6 Å². The van der Waals surface area contributed by atoms with Crippen LogP contribution in [0.2, 0.25) is 0 Å². The summed E-state index contributed by atoms with van der Waals surface area (Å²) in [6, 6.07) is 4.59. The van der Waals surface area contributed by atoms with E-state index in [1.807, 2.05) is 19.0 Å². The summed E-state index contributed by atoms with van der Waals surface area (Å²) in [5, 5.41) is 2.34. The Hall–Kier alpha value is -2.80. The minimum Gasteiger partial charge on any atom is -0.502 e. The molecule has 0 atom stereocenters. The maximum Gasteiger partial charge on any atom is 0.370 e. The number of aliphatic imine (C=N–C) groups is 1. The fourth-order valence-electron chi connectivity index (χ4n) is 2.25. The quantitative estimate of drug-likeness (QED) is 0.468. The van der Waals surface area contributed by atoms with Crippen LogP contribution in [0.1, 0.15) is 24.2 Å². The molecule has 1 amide bonds. The molecule has 0 unspecified atom stereocenters. The molecule has 1 aliphatic rings. The first-order chi connectivity index (χ1) is 12.5. The Kier molecular flexibility index (Phi) is 6.80. The highest BCUT2D eigenvalue weighted by molar-refractivity contribution is 6.53. The molecular weight excluding hydrogens is 358 g/mol. The second kappa shape index (κ2) is 9.05. The zero-order chi connectivity index (χ0) is 19.1. The normalized spacial score (nSPS) is 16.9. The maximum absolute atomic E-state index is 12.6. The van der Waals surface area contributed by atoms with E-state index in [4.69, 9.17) is 25.5 Å². The molecule has 0 spiro atoms. The van der Waals surface area contributed by atoms with Gasteiger partial charge in [0.25, 0.3) is 12.5 Å². The monoisotopic (exact) mass is 376 g/mol. The Morgan fingerprint density at radius 1 is 1.35 bits per heavy atom. The van der Waals surface area contributed by atoms with Gasteiger partial charge in [-0.3, -0.25) is 14.3 Å². The van der Waals surface area contributed by atoms with E-state index >= 15 is 0 Å². The fraction of sp³-hybridized carbons (Fsp3) is 0.278. The second-order valence-electron chi connectivity index (χ2n) is 5.06. The zero-order valence-corrected chi connectivity index (χ0v) is 15.5. The number of ketones is 1. The Labute approximate surface area is 156 Å². The molecule has 0 aliphatic heterocycles. The van der Waals surface area contributed by atoms with E-state index in [9.17, 15) is 10.3 Å². The molecule has 0 saturated heterocycles. The Bertz CT molecular complexity index is 841. The summed E-state index contributed by atoms with van der Waals surface area (Å²) in [7, 11) is 1.49. The van der Waals surface area contributed by atoms with Crippen LogP contribution in [0.25, 0.3) is 5.53 Å². The molecule has 0 bridgehead atoms. The fourth-order valence-corrected chi connectivity index (χ4v) is 2.46. The Morgan fingerprint density at radius 2 is 2.12 bits per heavy atom. The molecule has 26 heavy (non-hydrogen) atoms. The largest absolute Gasteiger partial charge is 0.502 e. The number of hydrogen-bond donors (Lipinski definition) is 1. The topological polar surface area (TPSA) is 95.5 Å². The summed E-state index contributed by atoms with van der Waals surface area (Å²) in [6.45, 7) is 4.43. The number of rotatable bonds is 6. The summed E-state index contributed by atoms with van der Waals surface area (Å²) < 4.78 is 16.0. The summed E-state index contributed by atoms with van der Waals surface area (Å²) in [5.74, 6) is 0.675. The van der Waals surface area contributed by atoms with Gasteiger partial charge in [-0.25, -0.2) is 0 Å². The van der Waals surface area contributed by atoms with Crippen molar-refractivity contribution in [2.75, 3.05) is 20.3 Å². The third kappa shape index (κ3) is 4.43. The molecule has 0 saturated carbocycles. The SMILES string of the molecule is CCOC1=CC(=NC(=O)c2ccc(OC)cc2[NH+]=[N-])C(=[O+]CC)C=C1Cl. The molecule has 0 radical (unpaired) electrons. The minimum absolute atomic E-state index is 0.170. The second-order valence-corrected chi connectivity index (χ2v) is 5.46. The van der Waals surface area contributed by atoms with Crippen molar-refractivity contribution in [1.82, 2.24) is 0 Å². The van der Waals surface area contributed by atoms with Gasteiger partial charge in [-0.05, 0) is 19.1 Å². The first kappa shape index (κ1) is 19.5. The third-order valence-electron chi connectivity index (χ3n) is 3.41. The molecule has 2 rings (SSSR count). The van der Waals surface area contributed by atoms with Gasteiger partial charge in [0.1, 0.15) is 17.1 Å². The van der Waals surface area contributed by atoms with Gasteiger partial charge in [-0.2, -0.15) is 4.99 Å². The summed E-state index contributed by atoms with van der Waals surface area (Å²) >= 11 is 6.16. The van der Waals surface area contributed by atoms with E-state index in [0.29, 0.717) is 35.5 Å². The smallest absolute Gasteiger partial charge is 0.370 e. The van der Waals surface area contributed by atoms with Crippen molar-refractivity contribution in [3.63, 3.8) is 0 Å². The first-order valence-electron chi connectivity index (χ1n) is 7.97. The van der Waals surface area contributed by atoms with Gasteiger partial charge in [-0.15, -0.1) is 0 Å². The van der Waals surface area contributed by atoms with Gasteiger partial charge in [-0.1, -0.05) is 11.6 Å². The highest BCUT2D eigenvalue weighted by Crippen LogP contribution is 2.23. The Balaban J connectivity index is 2.46. The van der Waals surface area contributed by atoms with Gasteiger partial charge in [0.15, 0.2) is 5.71 Å². The lowest BCUT2D eigenvalue weighted by Crippen LogP contribution is -2.55. The van der Waals surface area contributed by atoms with Crippen LogP contribution in [0.3, 0.4) is 0 Å². The van der Waals surface area contributed by atoms with Crippen molar-refractivity contribution in [3.8, 4) is 5.75 Å². The average Bonchev–Trinajstić information content (AvgIpc) is 2.65. The highest BCUT2D eigenvalue weighted by atomic mass is 35.5. The number of nitrogens with zero attached hydrogens (tertiary/aromatic N) is 2. The predicted octanol–water partition coefficient (Wildman–Crippen LogP) is 2.19. The van der Waals surface area contributed by atoms with Crippen LogP contribution in [0.5, 0.6) is 5.75 Å². The van der Waals surface area contributed by atoms with Crippen molar-refractivity contribution in [1.29, 1.82) is 0 Å². The molecular formula is C18H19ClN3O4+. The van der Waals surface area contributed by atoms with Gasteiger partial charge >= 0.3 is 5.78 Å². The van der Waals surface area contributed by atoms with Crippen molar-refractivity contribution < 1.29 is 23.8 Å². The molecule has 0 heterocycles. The number of nitrogens with one attached hydrogen (secondary N) is 1. The molecule has 8 heteroatoms. The van der Waals surface area contributed by atoms with E-state index in [-0.39, 0.29) is 17.0 Å². The van der Waals surface area contributed by atoms with Crippen molar-refractivity contribution in [2.45, 2.75) is 13.8 Å². The number of benzene rings is 1. The number of methoxy groups -OCH3 is 1.